The molecule has 1 atom stereocenters. The van der Waals surface area contributed by atoms with Crippen molar-refractivity contribution >= 4 is 23.8 Å². The van der Waals surface area contributed by atoms with E-state index in [1.165, 1.54) is 4.90 Å². The Morgan fingerprint density at radius 3 is 2.36 bits per heavy atom. The number of nitrogens with one attached hydrogen (secondary N) is 1. The van der Waals surface area contributed by atoms with E-state index in [-0.39, 0.29) is 11.4 Å². The highest BCUT2D eigenvalue weighted by Crippen LogP contribution is 2.23. The number of hydrogen-bond acceptors (Lipinski definition) is 5. The van der Waals surface area contributed by atoms with Gasteiger partial charge in [0.1, 0.15) is 11.6 Å². The minimum absolute atomic E-state index is 0.120. The van der Waals surface area contributed by atoms with Gasteiger partial charge < -0.3 is 15.0 Å². The van der Waals surface area contributed by atoms with Crippen molar-refractivity contribution in [1.29, 1.82) is 0 Å². The minimum Gasteiger partial charge on any atom is -0.444 e. The maximum absolute atomic E-state index is 12.4. The molecule has 6 nitrogen and oxygen atoms in total. The Balaban J connectivity index is 2.63. The molecule has 1 saturated heterocycles. The molecule has 0 saturated carbocycles. The summed E-state index contributed by atoms with van der Waals surface area (Å²) < 4.78 is 5.37. The fourth-order valence-electron chi connectivity index (χ4n) is 1.74. The molecule has 1 N–H and O–H groups in total. The van der Waals surface area contributed by atoms with E-state index in [4.69, 9.17) is 4.74 Å². The molecule has 0 spiro atoms. The summed E-state index contributed by atoms with van der Waals surface area (Å²) in [6, 6.07) is -0.460. The van der Waals surface area contributed by atoms with Crippen molar-refractivity contribution in [3.8, 4) is 0 Å². The minimum atomic E-state index is -0.557. The Kier molecular flexibility index (Phi) is 6.15. The third-order valence-corrected chi connectivity index (χ3v) is 4.73. The van der Waals surface area contributed by atoms with Crippen molar-refractivity contribution in [2.75, 3.05) is 32.3 Å². The highest BCUT2D eigenvalue weighted by Gasteiger charge is 2.37. The predicted octanol–water partition coefficient (Wildman–Crippen LogP) is 1.75. The summed E-state index contributed by atoms with van der Waals surface area (Å²) in [6.45, 7) is 10.1. The van der Waals surface area contributed by atoms with Gasteiger partial charge in [-0.1, -0.05) is 0 Å². The number of hydrogen-bond donors (Lipinski definition) is 1. The first-order valence-corrected chi connectivity index (χ1v) is 8.62. The van der Waals surface area contributed by atoms with Gasteiger partial charge >= 0.3 is 6.09 Å². The SMILES string of the molecule is CN(C)C(C)(C)CNC(=O)C1CSCN1C(=O)OC(C)(C)C. The van der Waals surface area contributed by atoms with Gasteiger partial charge in [-0.05, 0) is 48.7 Å². The van der Waals surface area contributed by atoms with Crippen LogP contribution in [0.25, 0.3) is 0 Å². The lowest BCUT2D eigenvalue weighted by molar-refractivity contribution is -0.125. The number of likely N-dealkylation sites (N-methyl/N-ethyl adjacent to an activating group) is 1. The van der Waals surface area contributed by atoms with E-state index < -0.39 is 17.7 Å². The number of carbonyl (C=O) groups is 2. The van der Waals surface area contributed by atoms with Crippen LogP contribution in [0.4, 0.5) is 4.79 Å². The second-order valence-corrected chi connectivity index (χ2v) is 8.39. The second kappa shape index (κ2) is 7.08. The normalized spacial score (nSPS) is 19.5. The molecule has 22 heavy (non-hydrogen) atoms. The largest absolute Gasteiger partial charge is 0.444 e. The van der Waals surface area contributed by atoms with E-state index in [0.29, 0.717) is 18.2 Å². The number of thioether (sulfide) groups is 1. The Labute approximate surface area is 137 Å². The summed E-state index contributed by atoms with van der Waals surface area (Å²) in [5.41, 5.74) is -0.698. The van der Waals surface area contributed by atoms with Gasteiger partial charge in [0.2, 0.25) is 5.91 Å². The van der Waals surface area contributed by atoms with Crippen molar-refractivity contribution in [3.63, 3.8) is 0 Å². The maximum atomic E-state index is 12.4. The molecule has 128 valence electrons. The molecule has 2 amide bonds. The number of ether oxygens (including phenoxy) is 1. The van der Waals surface area contributed by atoms with Crippen LogP contribution in [-0.4, -0.2) is 71.3 Å². The average Bonchev–Trinajstić information content (AvgIpc) is 2.83. The van der Waals surface area contributed by atoms with Crippen LogP contribution in [0.3, 0.4) is 0 Å². The molecule has 0 aromatic carbocycles. The smallest absolute Gasteiger partial charge is 0.411 e. The summed E-state index contributed by atoms with van der Waals surface area (Å²) in [5, 5.41) is 2.95. The Hall–Kier alpha value is -0.950. The molecule has 1 aliphatic rings. The molecule has 1 aliphatic heterocycles. The predicted molar refractivity (Wildman–Crippen MR) is 90.0 cm³/mol. The first-order chi connectivity index (χ1) is 9.94. The zero-order chi connectivity index (χ0) is 17.1. The van der Waals surface area contributed by atoms with E-state index in [1.54, 1.807) is 11.8 Å². The van der Waals surface area contributed by atoms with Crippen molar-refractivity contribution in [2.45, 2.75) is 51.8 Å². The van der Waals surface area contributed by atoms with Gasteiger partial charge in [0.15, 0.2) is 0 Å². The molecule has 0 aromatic heterocycles. The molecular weight excluding hydrogens is 302 g/mol. The van der Waals surface area contributed by atoms with Gasteiger partial charge in [-0.25, -0.2) is 4.79 Å². The summed E-state index contributed by atoms with van der Waals surface area (Å²) in [7, 11) is 3.95. The zero-order valence-corrected chi connectivity index (χ0v) is 15.5. The van der Waals surface area contributed by atoms with Crippen molar-refractivity contribution in [2.24, 2.45) is 0 Å². The van der Waals surface area contributed by atoms with Gasteiger partial charge in [-0.15, -0.1) is 11.8 Å². The van der Waals surface area contributed by atoms with Gasteiger partial charge in [0.25, 0.3) is 0 Å². The van der Waals surface area contributed by atoms with Crippen LogP contribution in [0, 0.1) is 0 Å². The Bertz CT molecular complexity index is 419. The molecular formula is C15H29N3O3S. The molecule has 0 radical (unpaired) electrons. The van der Waals surface area contributed by atoms with Crippen LogP contribution < -0.4 is 5.32 Å². The van der Waals surface area contributed by atoms with Crippen molar-refractivity contribution < 1.29 is 14.3 Å². The van der Waals surface area contributed by atoms with Crippen LogP contribution in [0.1, 0.15) is 34.6 Å². The van der Waals surface area contributed by atoms with E-state index >= 15 is 0 Å². The molecule has 1 unspecified atom stereocenters. The molecule has 0 bridgehead atoms. The van der Waals surface area contributed by atoms with Gasteiger partial charge in [-0.2, -0.15) is 0 Å². The number of carbonyl (C=O) groups excluding carboxylic acids is 2. The fraction of sp³-hybridized carbons (Fsp3) is 0.867. The monoisotopic (exact) mass is 331 g/mol. The highest BCUT2D eigenvalue weighted by atomic mass is 32.2. The number of rotatable bonds is 4. The Morgan fingerprint density at radius 2 is 1.86 bits per heavy atom. The van der Waals surface area contributed by atoms with Gasteiger partial charge in [-0.3, -0.25) is 9.69 Å². The second-order valence-electron chi connectivity index (χ2n) is 7.39. The first kappa shape index (κ1) is 19.1. The highest BCUT2D eigenvalue weighted by molar-refractivity contribution is 7.99. The van der Waals surface area contributed by atoms with Crippen molar-refractivity contribution in [1.82, 2.24) is 15.1 Å². The standard InChI is InChI=1S/C15H29N3O3S/c1-14(2,3)21-13(20)18-10-22-8-11(18)12(19)16-9-15(4,5)17(6)7/h11H,8-10H2,1-7H3,(H,16,19). The lowest BCUT2D eigenvalue weighted by atomic mass is 10.0. The molecule has 1 heterocycles. The van der Waals surface area contributed by atoms with Crippen LogP contribution in [0.5, 0.6) is 0 Å². The average molecular weight is 331 g/mol. The topological polar surface area (TPSA) is 61.9 Å². The fourth-order valence-corrected chi connectivity index (χ4v) is 2.88. The van der Waals surface area contributed by atoms with Crippen LogP contribution in [0.2, 0.25) is 0 Å². The summed E-state index contributed by atoms with van der Waals surface area (Å²) in [5.74, 6) is 0.975. The van der Waals surface area contributed by atoms with Gasteiger partial charge in [0, 0.05) is 17.8 Å². The third-order valence-electron chi connectivity index (χ3n) is 3.72. The molecule has 1 rings (SSSR count). The first-order valence-electron chi connectivity index (χ1n) is 7.46. The van der Waals surface area contributed by atoms with Crippen LogP contribution >= 0.6 is 11.8 Å². The number of amides is 2. The molecule has 7 heteroatoms. The summed E-state index contributed by atoms with van der Waals surface area (Å²) in [4.78, 5) is 28.2. The van der Waals surface area contributed by atoms with Crippen molar-refractivity contribution in [3.05, 3.63) is 0 Å². The lowest BCUT2D eigenvalue weighted by Crippen LogP contribution is -2.53. The quantitative estimate of drug-likeness (QED) is 0.850. The lowest BCUT2D eigenvalue weighted by Gasteiger charge is -2.33. The third kappa shape index (κ3) is 5.35. The van der Waals surface area contributed by atoms with E-state index in [1.807, 2.05) is 34.9 Å². The maximum Gasteiger partial charge on any atom is 0.411 e. The number of nitrogens with zero attached hydrogens (tertiary/aromatic N) is 2. The summed E-state index contributed by atoms with van der Waals surface area (Å²) in [6.07, 6.45) is -0.426. The Morgan fingerprint density at radius 1 is 1.27 bits per heavy atom. The molecule has 0 aromatic rings. The molecule has 1 fully saturated rings. The zero-order valence-electron chi connectivity index (χ0n) is 14.7. The van der Waals surface area contributed by atoms with E-state index in [2.05, 4.69) is 24.1 Å². The van der Waals surface area contributed by atoms with E-state index in [0.717, 1.165) is 0 Å². The van der Waals surface area contributed by atoms with Gasteiger partial charge in [0.05, 0.1) is 5.88 Å². The van der Waals surface area contributed by atoms with Crippen LogP contribution in [-0.2, 0) is 9.53 Å². The van der Waals surface area contributed by atoms with Crippen LogP contribution in [0.15, 0.2) is 0 Å². The van der Waals surface area contributed by atoms with E-state index in [9.17, 15) is 9.59 Å². The summed E-state index contributed by atoms with van der Waals surface area (Å²) >= 11 is 1.57. The molecule has 0 aliphatic carbocycles.